The van der Waals surface area contributed by atoms with Crippen molar-refractivity contribution in [3.05, 3.63) is 29.0 Å². The van der Waals surface area contributed by atoms with Crippen molar-refractivity contribution >= 4 is 11.0 Å². The molecule has 6 heteroatoms. The van der Waals surface area contributed by atoms with E-state index in [2.05, 4.69) is 15.3 Å². The molecule has 0 aliphatic heterocycles. The minimum absolute atomic E-state index is 0.470. The lowest BCUT2D eigenvalue weighted by atomic mass is 10.2. The number of hydrogen-bond donors (Lipinski definition) is 1. The molecule has 98 valence electrons. The maximum atomic E-state index is 11.7. The van der Waals surface area contributed by atoms with Gasteiger partial charge in [-0.2, -0.15) is 0 Å². The highest BCUT2D eigenvalue weighted by Crippen LogP contribution is 2.11. The van der Waals surface area contributed by atoms with Crippen LogP contribution in [0.25, 0.3) is 11.0 Å². The molecule has 0 saturated carbocycles. The van der Waals surface area contributed by atoms with Crippen LogP contribution in [0.1, 0.15) is 5.56 Å². The van der Waals surface area contributed by atoms with Gasteiger partial charge in [0.2, 0.25) is 0 Å². The Morgan fingerprint density at radius 2 is 2.22 bits per heavy atom. The van der Waals surface area contributed by atoms with Crippen LogP contribution in [0.2, 0.25) is 0 Å². The predicted octanol–water partition coefficient (Wildman–Crippen LogP) is 0.0868. The highest BCUT2D eigenvalue weighted by Gasteiger charge is 2.12. The molecule has 0 radical (unpaired) electrons. The molecule has 0 aliphatic rings. The third-order valence-corrected chi connectivity index (χ3v) is 2.81. The lowest BCUT2D eigenvalue weighted by molar-refractivity contribution is -0.746. The lowest BCUT2D eigenvalue weighted by Gasteiger charge is -2.10. The normalized spacial score (nSPS) is 11.6. The van der Waals surface area contributed by atoms with Gasteiger partial charge in [-0.1, -0.05) is 6.07 Å². The van der Waals surface area contributed by atoms with E-state index < -0.39 is 0 Å². The second-order valence-corrected chi connectivity index (χ2v) is 4.71. The minimum Gasteiger partial charge on any atom is -0.571 e. The Kier molecular flexibility index (Phi) is 3.78. The smallest absolute Gasteiger partial charge is 0.164 e. The molecule has 0 fully saturated rings. The molecule has 1 aromatic carbocycles. The highest BCUT2D eigenvalue weighted by atomic mass is 16.5. The van der Waals surface area contributed by atoms with E-state index in [9.17, 15) is 5.21 Å². The van der Waals surface area contributed by atoms with Gasteiger partial charge in [-0.05, 0) is 38.7 Å². The molecule has 0 aliphatic carbocycles. The van der Waals surface area contributed by atoms with Crippen LogP contribution in [-0.4, -0.2) is 41.9 Å². The number of nitrogens with zero attached hydrogens (tertiary/aromatic N) is 4. The van der Waals surface area contributed by atoms with E-state index in [4.69, 9.17) is 0 Å². The van der Waals surface area contributed by atoms with Gasteiger partial charge in [-0.25, -0.2) is 0 Å². The largest absolute Gasteiger partial charge is 0.571 e. The third-order valence-electron chi connectivity index (χ3n) is 2.81. The number of likely N-dealkylation sites (N-methyl/N-ethyl adjacent to an activating group) is 1. The molecule has 1 N–H and O–H groups in total. The van der Waals surface area contributed by atoms with Crippen molar-refractivity contribution in [2.24, 2.45) is 0 Å². The predicted molar refractivity (Wildman–Crippen MR) is 70.0 cm³/mol. The van der Waals surface area contributed by atoms with E-state index in [0.717, 1.165) is 29.7 Å². The van der Waals surface area contributed by atoms with Crippen molar-refractivity contribution in [2.45, 2.75) is 13.6 Å². The van der Waals surface area contributed by atoms with Crippen LogP contribution >= 0.6 is 0 Å². The summed E-state index contributed by atoms with van der Waals surface area (Å²) in [5, 5.41) is 18.9. The summed E-state index contributed by atoms with van der Waals surface area (Å²) in [6.07, 6.45) is 0. The molecule has 2 rings (SSSR count). The van der Waals surface area contributed by atoms with Crippen LogP contribution in [0.4, 0.5) is 0 Å². The first-order valence-electron chi connectivity index (χ1n) is 6.00. The summed E-state index contributed by atoms with van der Waals surface area (Å²) in [6, 6.07) is 5.80. The molecule has 18 heavy (non-hydrogen) atoms. The first kappa shape index (κ1) is 12.8. The number of hydrogen-bond acceptors (Lipinski definition) is 4. The average Bonchev–Trinajstić information content (AvgIpc) is 2.60. The standard InChI is InChI=1S/C12H19N5O/c1-10-4-5-11-12(8-10)16(17(18)14-11)9-13-6-7-15(2)3/h4-5,8,13H,6-7,9H2,1-3H3. The number of rotatable bonds is 5. The summed E-state index contributed by atoms with van der Waals surface area (Å²) in [4.78, 5) is 2.74. The van der Waals surface area contributed by atoms with Crippen molar-refractivity contribution in [2.75, 3.05) is 27.2 Å². The van der Waals surface area contributed by atoms with Crippen molar-refractivity contribution in [1.82, 2.24) is 20.0 Å². The zero-order valence-corrected chi connectivity index (χ0v) is 11.1. The molecule has 0 amide bonds. The monoisotopic (exact) mass is 249 g/mol. The summed E-state index contributed by atoms with van der Waals surface area (Å²) in [5.74, 6) is 0. The Hall–Kier alpha value is -1.66. The average molecular weight is 249 g/mol. The van der Waals surface area contributed by atoms with Gasteiger partial charge in [-0.15, -0.1) is 4.68 Å². The van der Waals surface area contributed by atoms with Gasteiger partial charge in [0.15, 0.2) is 5.52 Å². The molecule has 1 heterocycles. The number of nitrogens with one attached hydrogen (secondary N) is 1. The molecule has 0 unspecified atom stereocenters. The van der Waals surface area contributed by atoms with E-state index >= 15 is 0 Å². The van der Waals surface area contributed by atoms with Crippen molar-refractivity contribution in [1.29, 1.82) is 0 Å². The Morgan fingerprint density at radius 1 is 1.44 bits per heavy atom. The van der Waals surface area contributed by atoms with Gasteiger partial charge in [0, 0.05) is 23.1 Å². The summed E-state index contributed by atoms with van der Waals surface area (Å²) < 4.78 is 1.60. The van der Waals surface area contributed by atoms with Crippen LogP contribution in [0, 0.1) is 12.1 Å². The fraction of sp³-hybridized carbons (Fsp3) is 0.500. The maximum absolute atomic E-state index is 11.7. The Morgan fingerprint density at radius 3 is 2.94 bits per heavy atom. The van der Waals surface area contributed by atoms with Gasteiger partial charge in [0.1, 0.15) is 12.2 Å². The lowest BCUT2D eigenvalue weighted by Crippen LogP contribution is -2.43. The van der Waals surface area contributed by atoms with Crippen LogP contribution in [0.5, 0.6) is 0 Å². The summed E-state index contributed by atoms with van der Waals surface area (Å²) in [7, 11) is 4.04. The van der Waals surface area contributed by atoms with Gasteiger partial charge in [0.05, 0.1) is 0 Å². The molecule has 0 saturated heterocycles. The van der Waals surface area contributed by atoms with Gasteiger partial charge >= 0.3 is 0 Å². The molecule has 6 nitrogen and oxygen atoms in total. The molecule has 0 bridgehead atoms. The van der Waals surface area contributed by atoms with Crippen LogP contribution in [0.15, 0.2) is 18.2 Å². The number of aryl methyl sites for hydroxylation is 1. The summed E-state index contributed by atoms with van der Waals surface area (Å²) in [5.41, 5.74) is 2.71. The van der Waals surface area contributed by atoms with E-state index in [-0.39, 0.29) is 0 Å². The second-order valence-electron chi connectivity index (χ2n) is 4.71. The quantitative estimate of drug-likeness (QED) is 0.463. The van der Waals surface area contributed by atoms with Crippen LogP contribution in [-0.2, 0) is 6.67 Å². The van der Waals surface area contributed by atoms with Crippen LogP contribution in [0.3, 0.4) is 0 Å². The van der Waals surface area contributed by atoms with Gasteiger partial charge in [-0.3, -0.25) is 5.32 Å². The first-order chi connectivity index (χ1) is 8.58. The summed E-state index contributed by atoms with van der Waals surface area (Å²) >= 11 is 0. The fourth-order valence-electron chi connectivity index (χ4n) is 1.80. The fourth-order valence-corrected chi connectivity index (χ4v) is 1.80. The molecule has 2 aromatic rings. The first-order valence-corrected chi connectivity index (χ1v) is 6.00. The number of benzene rings is 1. The third kappa shape index (κ3) is 2.77. The van der Waals surface area contributed by atoms with E-state index in [1.165, 1.54) is 0 Å². The van der Waals surface area contributed by atoms with Crippen molar-refractivity contribution in [3.63, 3.8) is 0 Å². The molecule has 0 spiro atoms. The van der Waals surface area contributed by atoms with Gasteiger partial charge in [0.25, 0.3) is 0 Å². The Labute approximate surface area is 106 Å². The topological polar surface area (TPSA) is 60.0 Å². The molecule has 1 aromatic heterocycles. The van der Waals surface area contributed by atoms with Gasteiger partial charge < -0.3 is 10.1 Å². The van der Waals surface area contributed by atoms with Crippen molar-refractivity contribution < 1.29 is 4.96 Å². The maximum Gasteiger partial charge on any atom is 0.164 e. The zero-order valence-electron chi connectivity index (χ0n) is 11.1. The number of fused-ring (bicyclic) bond motifs is 1. The number of aromatic nitrogens is 3. The van der Waals surface area contributed by atoms with Crippen LogP contribution < -0.4 is 10.3 Å². The molecular weight excluding hydrogens is 230 g/mol. The second kappa shape index (κ2) is 5.32. The molecule has 0 atom stereocenters. The Bertz CT molecular complexity index is 534. The minimum atomic E-state index is 0.470. The summed E-state index contributed by atoms with van der Waals surface area (Å²) in [6.45, 7) is 4.24. The van der Waals surface area contributed by atoms with E-state index in [0.29, 0.717) is 11.6 Å². The molecular formula is C12H19N5O. The highest BCUT2D eigenvalue weighted by molar-refractivity contribution is 5.74. The van der Waals surface area contributed by atoms with E-state index in [1.54, 1.807) is 4.68 Å². The van der Waals surface area contributed by atoms with E-state index in [1.807, 2.05) is 39.2 Å². The zero-order chi connectivity index (χ0) is 13.1. The SMILES string of the molecule is Cc1ccc2n[n+]([O-])n(CNCCN(C)C)c2c1. The van der Waals surface area contributed by atoms with Crippen molar-refractivity contribution in [3.8, 4) is 0 Å². The Balaban J connectivity index is 2.12.